The number of H-pyrrole nitrogens is 1. The summed E-state index contributed by atoms with van der Waals surface area (Å²) in [6.45, 7) is 4.95. The molecule has 8 nitrogen and oxygen atoms in total. The first-order valence-corrected chi connectivity index (χ1v) is 9.72. The molecule has 0 atom stereocenters. The van der Waals surface area contributed by atoms with Gasteiger partial charge in [0.2, 0.25) is 10.0 Å². The number of hydrogen-bond donors (Lipinski definition) is 0. The zero-order valence-electron chi connectivity index (χ0n) is 14.7. The quantitative estimate of drug-likeness (QED) is 0.594. The summed E-state index contributed by atoms with van der Waals surface area (Å²) in [4.78, 5) is 15.8. The molecule has 26 heavy (non-hydrogen) atoms. The average molecular weight is 377 g/mol. The second-order valence-corrected chi connectivity index (χ2v) is 8.23. The van der Waals surface area contributed by atoms with Crippen molar-refractivity contribution >= 4 is 21.5 Å². The minimum absolute atomic E-state index is 0.0154. The van der Waals surface area contributed by atoms with E-state index in [0.717, 1.165) is 5.56 Å². The van der Waals surface area contributed by atoms with Gasteiger partial charge in [-0.1, -0.05) is 12.1 Å². The van der Waals surface area contributed by atoms with Crippen LogP contribution in [0.2, 0.25) is 0 Å². The third-order valence-electron chi connectivity index (χ3n) is 4.53. The molecule has 1 saturated heterocycles. The van der Waals surface area contributed by atoms with Gasteiger partial charge in [0, 0.05) is 6.07 Å². The number of rotatable bonds is 4. The molecule has 9 heteroatoms. The molecule has 0 radical (unpaired) electrons. The van der Waals surface area contributed by atoms with Gasteiger partial charge in [-0.05, 0) is 37.1 Å². The van der Waals surface area contributed by atoms with Gasteiger partial charge in [0.05, 0.1) is 42.2 Å². The van der Waals surface area contributed by atoms with Crippen LogP contribution in [-0.4, -0.2) is 43.8 Å². The molecule has 1 fully saturated rings. The molecule has 3 rings (SSSR count). The number of nitrogens with zero attached hydrogens (tertiary/aromatic N) is 3. The van der Waals surface area contributed by atoms with Crippen molar-refractivity contribution in [3.63, 3.8) is 0 Å². The van der Waals surface area contributed by atoms with E-state index in [1.54, 1.807) is 31.3 Å². The van der Waals surface area contributed by atoms with Gasteiger partial charge in [-0.25, -0.2) is 13.4 Å². The number of nitro groups is 1. The third kappa shape index (κ3) is 3.40. The second kappa shape index (κ2) is 7.00. The van der Waals surface area contributed by atoms with Gasteiger partial charge in [0.1, 0.15) is 0 Å². The smallest absolute Gasteiger partial charge is 0.258 e. The van der Waals surface area contributed by atoms with Crippen molar-refractivity contribution < 1.29 is 18.3 Å². The molecule has 138 valence electrons. The van der Waals surface area contributed by atoms with Crippen LogP contribution < -0.4 is 9.88 Å². The molecule has 1 aliphatic rings. The summed E-state index contributed by atoms with van der Waals surface area (Å²) in [6.07, 6.45) is 1.63. The van der Waals surface area contributed by atoms with Crippen molar-refractivity contribution in [3.05, 3.63) is 57.8 Å². The molecule has 0 saturated carbocycles. The number of aromatic amines is 1. The molecule has 1 N–H and O–H groups in total. The van der Waals surface area contributed by atoms with Crippen molar-refractivity contribution in [2.75, 3.05) is 31.1 Å². The summed E-state index contributed by atoms with van der Waals surface area (Å²) in [5.74, 6) is 0.404. The minimum atomic E-state index is -3.58. The molecule has 0 bridgehead atoms. The summed E-state index contributed by atoms with van der Waals surface area (Å²) in [5, 5.41) is 11.2. The van der Waals surface area contributed by atoms with Crippen LogP contribution >= 0.6 is 0 Å². The maximum Gasteiger partial charge on any atom is 0.357 e. The Hall–Kier alpha value is -2.52. The number of nitrogens with one attached hydrogen (secondary N) is 1. The van der Waals surface area contributed by atoms with Gasteiger partial charge >= 0.3 is 11.5 Å². The normalized spacial score (nSPS) is 15.8. The van der Waals surface area contributed by atoms with Crippen molar-refractivity contribution in [1.29, 1.82) is 0 Å². The molecule has 2 aromatic rings. The van der Waals surface area contributed by atoms with Crippen LogP contribution in [0, 0.1) is 24.0 Å². The maximum absolute atomic E-state index is 13.0. The molecule has 1 aliphatic heterocycles. The summed E-state index contributed by atoms with van der Waals surface area (Å²) >= 11 is 0. The Balaban J connectivity index is 1.81. The number of benzene rings is 1. The fourth-order valence-corrected chi connectivity index (χ4v) is 4.83. The Morgan fingerprint density at radius 3 is 2.46 bits per heavy atom. The highest BCUT2D eigenvalue weighted by molar-refractivity contribution is 7.89. The van der Waals surface area contributed by atoms with Gasteiger partial charge < -0.3 is 0 Å². The number of anilines is 1. The lowest BCUT2D eigenvalue weighted by Gasteiger charge is -2.30. The number of aryl methyl sites for hydroxylation is 2. The van der Waals surface area contributed by atoms with Crippen molar-refractivity contribution in [2.24, 2.45) is 0 Å². The molecule has 0 spiro atoms. The van der Waals surface area contributed by atoms with Crippen LogP contribution in [0.15, 0.2) is 41.4 Å². The van der Waals surface area contributed by atoms with Crippen molar-refractivity contribution in [3.8, 4) is 0 Å². The Kier molecular flexibility index (Phi) is 4.92. The lowest BCUT2D eigenvalue weighted by atomic mass is 10.2. The Morgan fingerprint density at radius 1 is 1.12 bits per heavy atom. The van der Waals surface area contributed by atoms with E-state index in [0.29, 0.717) is 29.4 Å². The third-order valence-corrected chi connectivity index (χ3v) is 6.57. The highest BCUT2D eigenvalue weighted by atomic mass is 32.2. The highest BCUT2D eigenvalue weighted by Crippen LogP contribution is 2.26. The molecule has 2 heterocycles. The molecule has 1 aromatic heterocycles. The van der Waals surface area contributed by atoms with E-state index in [4.69, 9.17) is 0 Å². The zero-order valence-corrected chi connectivity index (χ0v) is 15.5. The lowest BCUT2D eigenvalue weighted by molar-refractivity contribution is -0.411. The minimum Gasteiger partial charge on any atom is -0.258 e. The first kappa shape index (κ1) is 18.3. The Morgan fingerprint density at radius 2 is 1.81 bits per heavy atom. The summed E-state index contributed by atoms with van der Waals surface area (Å²) < 4.78 is 27.4. The van der Waals surface area contributed by atoms with E-state index in [2.05, 4.69) is 4.98 Å². The van der Waals surface area contributed by atoms with Crippen LogP contribution in [0.25, 0.3) is 0 Å². The van der Waals surface area contributed by atoms with Crippen molar-refractivity contribution in [2.45, 2.75) is 18.7 Å². The zero-order chi connectivity index (χ0) is 18.9. The summed E-state index contributed by atoms with van der Waals surface area (Å²) in [7, 11) is -3.58. The topological polar surface area (TPSA) is 97.9 Å². The number of piperazine rings is 1. The number of pyridine rings is 1. The maximum atomic E-state index is 13.0. The Labute approximate surface area is 152 Å². The average Bonchev–Trinajstić information content (AvgIpc) is 2.63. The first-order valence-electron chi connectivity index (χ1n) is 8.28. The fraction of sp³-hybridized carbons (Fsp3) is 0.353. The molecular formula is C17H21N4O4S+. The molecule has 0 unspecified atom stereocenters. The van der Waals surface area contributed by atoms with Gasteiger partial charge in [-0.2, -0.15) is 4.31 Å². The summed E-state index contributed by atoms with van der Waals surface area (Å²) in [6, 6.07) is 8.39. The number of hydrogen-bond acceptors (Lipinski definition) is 5. The SMILES string of the molecule is Cc1ccc(C)c(S(=O)(=O)N2CCN(c3[nH+]cccc3[N+](=O)[O-])CC2)c1. The van der Waals surface area contributed by atoms with Crippen LogP contribution in [0.4, 0.5) is 11.5 Å². The van der Waals surface area contributed by atoms with Gasteiger partial charge in [-0.3, -0.25) is 15.0 Å². The van der Waals surface area contributed by atoms with E-state index in [1.807, 2.05) is 17.9 Å². The van der Waals surface area contributed by atoms with Gasteiger partial charge in [-0.15, -0.1) is 0 Å². The molecular weight excluding hydrogens is 356 g/mol. The lowest BCUT2D eigenvalue weighted by Crippen LogP contribution is -2.50. The van der Waals surface area contributed by atoms with Crippen LogP contribution in [0.5, 0.6) is 0 Å². The van der Waals surface area contributed by atoms with E-state index >= 15 is 0 Å². The standard InChI is InChI=1S/C17H20N4O4S/c1-13-5-6-14(2)16(12-13)26(24,25)20-10-8-19(9-11-20)17-15(21(22)23)4-3-7-18-17/h3-7,12H,8-11H2,1-2H3/p+1. The van der Waals surface area contributed by atoms with Gasteiger partial charge in [0.25, 0.3) is 0 Å². The predicted octanol–water partition coefficient (Wildman–Crippen LogP) is 1.54. The van der Waals surface area contributed by atoms with E-state index < -0.39 is 14.9 Å². The van der Waals surface area contributed by atoms with E-state index in [-0.39, 0.29) is 18.8 Å². The second-order valence-electron chi connectivity index (χ2n) is 6.32. The van der Waals surface area contributed by atoms with E-state index in [9.17, 15) is 18.5 Å². The Bertz CT molecular complexity index is 938. The fourth-order valence-electron chi connectivity index (χ4n) is 3.10. The first-order chi connectivity index (χ1) is 12.3. The van der Waals surface area contributed by atoms with Gasteiger partial charge in [0.15, 0.2) is 0 Å². The van der Waals surface area contributed by atoms with Crippen LogP contribution in [-0.2, 0) is 10.0 Å². The van der Waals surface area contributed by atoms with Crippen molar-refractivity contribution in [1.82, 2.24) is 4.31 Å². The van der Waals surface area contributed by atoms with Crippen LogP contribution in [0.1, 0.15) is 11.1 Å². The number of aromatic nitrogens is 1. The highest BCUT2D eigenvalue weighted by Gasteiger charge is 2.35. The summed E-state index contributed by atoms with van der Waals surface area (Å²) in [5.41, 5.74) is 1.59. The van der Waals surface area contributed by atoms with E-state index in [1.165, 1.54) is 10.4 Å². The predicted molar refractivity (Wildman–Crippen MR) is 96.5 cm³/mol. The molecule has 0 amide bonds. The number of sulfonamides is 1. The monoisotopic (exact) mass is 377 g/mol. The molecule has 0 aliphatic carbocycles. The van der Waals surface area contributed by atoms with Crippen LogP contribution in [0.3, 0.4) is 0 Å². The molecule has 1 aromatic carbocycles. The largest absolute Gasteiger partial charge is 0.357 e.